The second-order valence-electron chi connectivity index (χ2n) is 6.58. The highest BCUT2D eigenvalue weighted by Crippen LogP contribution is 2.13. The van der Waals surface area contributed by atoms with Gasteiger partial charge in [-0.05, 0) is 49.7 Å². The number of carbonyl (C=O) groups is 2. The first kappa shape index (κ1) is 20.0. The van der Waals surface area contributed by atoms with E-state index in [-0.39, 0.29) is 11.6 Å². The lowest BCUT2D eigenvalue weighted by atomic mass is 10.1. The van der Waals surface area contributed by atoms with Crippen LogP contribution in [0.3, 0.4) is 0 Å². The van der Waals surface area contributed by atoms with Crippen LogP contribution < -0.4 is 10.6 Å². The van der Waals surface area contributed by atoms with E-state index in [1.165, 1.54) is 12.7 Å². The summed E-state index contributed by atoms with van der Waals surface area (Å²) in [6.07, 6.45) is 0. The minimum Gasteiger partial charge on any atom is -0.465 e. The summed E-state index contributed by atoms with van der Waals surface area (Å²) in [7, 11) is 1.32. The quantitative estimate of drug-likeness (QED) is 0.623. The molecule has 7 heteroatoms. The van der Waals surface area contributed by atoms with E-state index >= 15 is 0 Å². The number of nitrogens with zero attached hydrogens (tertiary/aromatic N) is 2. The molecule has 0 spiro atoms. The fourth-order valence-corrected chi connectivity index (χ4v) is 2.77. The van der Waals surface area contributed by atoms with Crippen molar-refractivity contribution in [3.8, 4) is 0 Å². The van der Waals surface area contributed by atoms with E-state index in [1.54, 1.807) is 30.3 Å². The third-order valence-electron chi connectivity index (χ3n) is 4.18. The zero-order valence-corrected chi connectivity index (χ0v) is 16.5. The molecule has 0 unspecified atom stereocenters. The summed E-state index contributed by atoms with van der Waals surface area (Å²) < 4.78 is 4.66. The molecule has 0 aliphatic heterocycles. The van der Waals surface area contributed by atoms with E-state index in [1.807, 2.05) is 32.0 Å². The Hall–Kier alpha value is -3.74. The zero-order chi connectivity index (χ0) is 20.8. The van der Waals surface area contributed by atoms with Crippen LogP contribution in [-0.4, -0.2) is 29.0 Å². The van der Waals surface area contributed by atoms with Crippen LogP contribution in [0.15, 0.2) is 54.6 Å². The van der Waals surface area contributed by atoms with Gasteiger partial charge in [-0.1, -0.05) is 29.8 Å². The maximum absolute atomic E-state index is 12.6. The second kappa shape index (κ2) is 8.97. The first-order chi connectivity index (χ1) is 13.9. The molecule has 29 heavy (non-hydrogen) atoms. The highest BCUT2D eigenvalue weighted by molar-refractivity contribution is 6.03. The molecule has 0 bridgehead atoms. The number of ether oxygens (including phenoxy) is 1. The van der Waals surface area contributed by atoms with Gasteiger partial charge >= 0.3 is 5.97 Å². The largest absolute Gasteiger partial charge is 0.465 e. The van der Waals surface area contributed by atoms with Crippen molar-refractivity contribution in [3.63, 3.8) is 0 Å². The van der Waals surface area contributed by atoms with Gasteiger partial charge in [-0.2, -0.15) is 0 Å². The van der Waals surface area contributed by atoms with Gasteiger partial charge in [0.2, 0.25) is 5.95 Å². The summed E-state index contributed by atoms with van der Waals surface area (Å²) in [5, 5.41) is 5.93. The average Bonchev–Trinajstić information content (AvgIpc) is 2.72. The van der Waals surface area contributed by atoms with Gasteiger partial charge < -0.3 is 15.4 Å². The fourth-order valence-electron chi connectivity index (χ4n) is 2.77. The van der Waals surface area contributed by atoms with Crippen molar-refractivity contribution in [3.05, 3.63) is 82.7 Å². The predicted octanol–water partition coefficient (Wildman–Crippen LogP) is 3.74. The van der Waals surface area contributed by atoms with Crippen molar-refractivity contribution in [2.45, 2.75) is 20.4 Å². The number of aryl methyl sites for hydroxylation is 2. The Kier molecular flexibility index (Phi) is 6.19. The van der Waals surface area contributed by atoms with Gasteiger partial charge in [0, 0.05) is 17.9 Å². The maximum Gasteiger partial charge on any atom is 0.337 e. The Labute approximate surface area is 169 Å². The molecule has 0 fully saturated rings. The van der Waals surface area contributed by atoms with Crippen molar-refractivity contribution in [1.82, 2.24) is 9.97 Å². The van der Waals surface area contributed by atoms with Crippen LogP contribution in [0.2, 0.25) is 0 Å². The second-order valence-corrected chi connectivity index (χ2v) is 6.58. The summed E-state index contributed by atoms with van der Waals surface area (Å²) >= 11 is 0. The number of carbonyl (C=O) groups excluding carboxylic acids is 2. The molecule has 7 nitrogen and oxygen atoms in total. The Morgan fingerprint density at radius 3 is 2.45 bits per heavy atom. The zero-order valence-electron chi connectivity index (χ0n) is 16.5. The smallest absolute Gasteiger partial charge is 0.337 e. The van der Waals surface area contributed by atoms with Gasteiger partial charge in [0.15, 0.2) is 0 Å². The summed E-state index contributed by atoms with van der Waals surface area (Å²) in [5.74, 6) is -0.406. The number of rotatable bonds is 6. The number of methoxy groups -OCH3 is 1. The molecular weight excluding hydrogens is 368 g/mol. The van der Waals surface area contributed by atoms with Gasteiger partial charge in [-0.15, -0.1) is 0 Å². The summed E-state index contributed by atoms with van der Waals surface area (Å²) in [6.45, 7) is 4.40. The van der Waals surface area contributed by atoms with E-state index < -0.39 is 5.97 Å². The van der Waals surface area contributed by atoms with Gasteiger partial charge in [0.25, 0.3) is 5.91 Å². The third kappa shape index (κ3) is 5.38. The molecule has 2 aromatic carbocycles. The van der Waals surface area contributed by atoms with Gasteiger partial charge in [-0.25, -0.2) is 14.8 Å². The number of aromatic nitrogens is 2. The van der Waals surface area contributed by atoms with Crippen molar-refractivity contribution in [1.29, 1.82) is 0 Å². The number of hydrogen-bond acceptors (Lipinski definition) is 6. The Morgan fingerprint density at radius 1 is 1.00 bits per heavy atom. The van der Waals surface area contributed by atoms with Crippen LogP contribution >= 0.6 is 0 Å². The molecule has 1 heterocycles. The van der Waals surface area contributed by atoms with Crippen LogP contribution in [0.1, 0.15) is 37.7 Å². The van der Waals surface area contributed by atoms with E-state index in [0.29, 0.717) is 29.4 Å². The number of nitrogens with one attached hydrogen (secondary N) is 2. The fraction of sp³-hybridized carbons (Fsp3) is 0.182. The van der Waals surface area contributed by atoms with Crippen molar-refractivity contribution in [2.24, 2.45) is 0 Å². The van der Waals surface area contributed by atoms with Gasteiger partial charge in [0.05, 0.1) is 12.7 Å². The molecule has 0 saturated carbocycles. The van der Waals surface area contributed by atoms with Crippen LogP contribution in [-0.2, 0) is 11.3 Å². The molecule has 3 aromatic rings. The molecule has 1 aromatic heterocycles. The Balaban J connectivity index is 1.69. The highest BCUT2D eigenvalue weighted by atomic mass is 16.5. The van der Waals surface area contributed by atoms with E-state index in [4.69, 9.17) is 0 Å². The third-order valence-corrected chi connectivity index (χ3v) is 4.18. The highest BCUT2D eigenvalue weighted by Gasteiger charge is 2.12. The average molecular weight is 390 g/mol. The number of anilines is 2. The van der Waals surface area contributed by atoms with Crippen LogP contribution in [0.5, 0.6) is 0 Å². The number of esters is 1. The van der Waals surface area contributed by atoms with Crippen molar-refractivity contribution >= 4 is 23.5 Å². The molecule has 0 atom stereocenters. The molecule has 0 aliphatic rings. The van der Waals surface area contributed by atoms with Crippen LogP contribution in [0, 0.1) is 13.8 Å². The molecule has 1 amide bonds. The Morgan fingerprint density at radius 2 is 1.76 bits per heavy atom. The maximum atomic E-state index is 12.6. The van der Waals surface area contributed by atoms with Gasteiger partial charge in [0.1, 0.15) is 5.69 Å². The molecule has 0 aliphatic carbocycles. The molecule has 0 radical (unpaired) electrons. The van der Waals surface area contributed by atoms with E-state index in [2.05, 4.69) is 31.4 Å². The summed E-state index contributed by atoms with van der Waals surface area (Å²) in [6, 6.07) is 16.2. The first-order valence-electron chi connectivity index (χ1n) is 9.09. The number of hydrogen-bond donors (Lipinski definition) is 2. The van der Waals surface area contributed by atoms with E-state index in [9.17, 15) is 9.59 Å². The minimum absolute atomic E-state index is 0.251. The van der Waals surface area contributed by atoms with Crippen molar-refractivity contribution < 1.29 is 14.3 Å². The molecule has 0 saturated heterocycles. The van der Waals surface area contributed by atoms with Crippen molar-refractivity contribution in [2.75, 3.05) is 17.7 Å². The predicted molar refractivity (Wildman–Crippen MR) is 111 cm³/mol. The summed E-state index contributed by atoms with van der Waals surface area (Å²) in [5.41, 5.74) is 4.16. The standard InChI is InChI=1S/C22H22N4O3/c1-14-5-4-6-16(11-14)13-23-22-24-15(2)12-19(26-22)20(27)25-18-9-7-17(8-10-18)21(28)29-3/h4-12H,13H2,1-3H3,(H,25,27)(H,23,24,26). The SMILES string of the molecule is COC(=O)c1ccc(NC(=O)c2cc(C)nc(NCc3cccc(C)c3)n2)cc1. The number of amides is 1. The lowest BCUT2D eigenvalue weighted by Gasteiger charge is -2.10. The van der Waals surface area contributed by atoms with Crippen LogP contribution in [0.25, 0.3) is 0 Å². The first-order valence-corrected chi connectivity index (χ1v) is 9.09. The summed E-state index contributed by atoms with van der Waals surface area (Å²) in [4.78, 5) is 32.7. The number of benzene rings is 2. The monoisotopic (exact) mass is 390 g/mol. The van der Waals surface area contributed by atoms with E-state index in [0.717, 1.165) is 5.56 Å². The molecule has 3 rings (SSSR count). The molecule has 148 valence electrons. The molecular formula is C22H22N4O3. The van der Waals surface area contributed by atoms with Crippen LogP contribution in [0.4, 0.5) is 11.6 Å². The lowest BCUT2D eigenvalue weighted by Crippen LogP contribution is -2.16. The van der Waals surface area contributed by atoms with Gasteiger partial charge in [-0.3, -0.25) is 4.79 Å². The normalized spacial score (nSPS) is 10.3. The Bertz CT molecular complexity index is 1030. The topological polar surface area (TPSA) is 93.2 Å². The molecule has 2 N–H and O–H groups in total. The lowest BCUT2D eigenvalue weighted by molar-refractivity contribution is 0.0600. The minimum atomic E-state index is -0.432.